The van der Waals surface area contributed by atoms with Crippen LogP contribution in [0.15, 0.2) is 51.9 Å². The Hall–Kier alpha value is -1.55. The van der Waals surface area contributed by atoms with Gasteiger partial charge in [0.1, 0.15) is 0 Å². The maximum atomic E-state index is 11.6. The first kappa shape index (κ1) is 11.9. The van der Waals surface area contributed by atoms with E-state index < -0.39 is 0 Å². The number of hydrogen-bond acceptors (Lipinski definition) is 2. The predicted molar refractivity (Wildman–Crippen MR) is 73.0 cm³/mol. The summed E-state index contributed by atoms with van der Waals surface area (Å²) in [6, 6.07) is 11.0. The Morgan fingerprint density at radius 3 is 2.71 bits per heavy atom. The Morgan fingerprint density at radius 1 is 1.18 bits per heavy atom. The van der Waals surface area contributed by atoms with Crippen LogP contribution in [0.1, 0.15) is 5.56 Å². The minimum Gasteiger partial charge on any atom is -0.399 e. The van der Waals surface area contributed by atoms with Crippen molar-refractivity contribution in [2.45, 2.75) is 13.0 Å². The summed E-state index contributed by atoms with van der Waals surface area (Å²) in [6.45, 7) is 0.631. The molecule has 0 aliphatic heterocycles. The molecule has 1 aromatic heterocycles. The summed E-state index contributed by atoms with van der Waals surface area (Å²) in [5.74, 6) is 0. The first-order valence-electron chi connectivity index (χ1n) is 5.36. The van der Waals surface area contributed by atoms with E-state index in [-0.39, 0.29) is 5.56 Å². The number of nitrogens with zero attached hydrogens (tertiary/aromatic N) is 1. The number of anilines is 1. The van der Waals surface area contributed by atoms with E-state index in [1.807, 2.05) is 24.3 Å². The number of aryl methyl sites for hydroxylation is 2. The molecule has 3 nitrogen and oxygen atoms in total. The molecule has 0 amide bonds. The minimum atomic E-state index is 0.00250. The molecule has 0 saturated heterocycles. The lowest BCUT2D eigenvalue weighted by molar-refractivity contribution is 0.668. The molecule has 1 aromatic carbocycles. The molecule has 1 heterocycles. The van der Waals surface area contributed by atoms with Crippen LogP contribution in [0, 0.1) is 0 Å². The van der Waals surface area contributed by atoms with Gasteiger partial charge in [-0.25, -0.2) is 0 Å². The van der Waals surface area contributed by atoms with Crippen molar-refractivity contribution in [3.05, 3.63) is 63.0 Å². The van der Waals surface area contributed by atoms with Gasteiger partial charge in [0.25, 0.3) is 5.56 Å². The molecule has 2 N–H and O–H groups in total. The van der Waals surface area contributed by atoms with E-state index in [0.29, 0.717) is 6.54 Å². The van der Waals surface area contributed by atoms with Crippen LogP contribution in [0.5, 0.6) is 0 Å². The van der Waals surface area contributed by atoms with Gasteiger partial charge in [-0.15, -0.1) is 0 Å². The summed E-state index contributed by atoms with van der Waals surface area (Å²) in [5, 5.41) is 0. The second-order valence-electron chi connectivity index (χ2n) is 3.83. The van der Waals surface area contributed by atoms with Gasteiger partial charge in [-0.1, -0.05) is 18.2 Å². The third kappa shape index (κ3) is 2.97. The van der Waals surface area contributed by atoms with Gasteiger partial charge in [0.2, 0.25) is 0 Å². The standard InChI is InChI=1S/C13H13BrN2O/c14-11-5-6-13(17)16(9-11)8-7-10-3-1-2-4-12(10)15/h1-6,9H,7-8,15H2. The van der Waals surface area contributed by atoms with E-state index in [4.69, 9.17) is 5.73 Å². The molecular weight excluding hydrogens is 280 g/mol. The van der Waals surface area contributed by atoms with Crippen molar-refractivity contribution in [2.24, 2.45) is 0 Å². The SMILES string of the molecule is Nc1ccccc1CCn1cc(Br)ccc1=O. The summed E-state index contributed by atoms with van der Waals surface area (Å²) in [6.07, 6.45) is 2.55. The van der Waals surface area contributed by atoms with Crippen molar-refractivity contribution in [2.75, 3.05) is 5.73 Å². The molecule has 17 heavy (non-hydrogen) atoms. The molecule has 88 valence electrons. The maximum Gasteiger partial charge on any atom is 0.250 e. The largest absolute Gasteiger partial charge is 0.399 e. The van der Waals surface area contributed by atoms with E-state index >= 15 is 0 Å². The monoisotopic (exact) mass is 292 g/mol. The van der Waals surface area contributed by atoms with Crippen LogP contribution in [0.2, 0.25) is 0 Å². The minimum absolute atomic E-state index is 0.00250. The Bertz CT molecular complexity index is 578. The van der Waals surface area contributed by atoms with Gasteiger partial charge in [0, 0.05) is 29.0 Å². The Morgan fingerprint density at radius 2 is 1.94 bits per heavy atom. The molecule has 2 aromatic rings. The first-order chi connectivity index (χ1) is 8.16. The molecule has 0 bridgehead atoms. The van der Waals surface area contributed by atoms with Crippen molar-refractivity contribution in [1.82, 2.24) is 4.57 Å². The molecule has 0 atom stereocenters. The average Bonchev–Trinajstić information content (AvgIpc) is 2.32. The zero-order chi connectivity index (χ0) is 12.3. The van der Waals surface area contributed by atoms with E-state index in [1.54, 1.807) is 22.9 Å². The molecule has 0 unspecified atom stereocenters. The van der Waals surface area contributed by atoms with Gasteiger partial charge in [-0.3, -0.25) is 4.79 Å². The summed E-state index contributed by atoms with van der Waals surface area (Å²) < 4.78 is 2.58. The van der Waals surface area contributed by atoms with Gasteiger partial charge in [0.05, 0.1) is 0 Å². The van der Waals surface area contributed by atoms with Crippen molar-refractivity contribution in [3.8, 4) is 0 Å². The van der Waals surface area contributed by atoms with Crippen LogP contribution < -0.4 is 11.3 Å². The number of nitrogen functional groups attached to an aromatic ring is 1. The first-order valence-corrected chi connectivity index (χ1v) is 6.15. The van der Waals surface area contributed by atoms with Crippen LogP contribution in [-0.2, 0) is 13.0 Å². The lowest BCUT2D eigenvalue weighted by atomic mass is 10.1. The van der Waals surface area contributed by atoms with Crippen LogP contribution in [0.4, 0.5) is 5.69 Å². The van der Waals surface area contributed by atoms with Crippen molar-refractivity contribution in [3.63, 3.8) is 0 Å². The predicted octanol–water partition coefficient (Wildman–Crippen LogP) is 2.44. The summed E-state index contributed by atoms with van der Waals surface area (Å²) in [5.41, 5.74) is 7.70. The second kappa shape index (κ2) is 5.19. The number of pyridine rings is 1. The summed E-state index contributed by atoms with van der Waals surface area (Å²) in [7, 11) is 0. The maximum absolute atomic E-state index is 11.6. The number of para-hydroxylation sites is 1. The smallest absolute Gasteiger partial charge is 0.250 e. The fraction of sp³-hybridized carbons (Fsp3) is 0.154. The zero-order valence-electron chi connectivity index (χ0n) is 9.27. The fourth-order valence-corrected chi connectivity index (χ4v) is 2.06. The normalized spacial score (nSPS) is 10.4. The number of nitrogens with two attached hydrogens (primary N) is 1. The molecule has 0 aliphatic rings. The summed E-state index contributed by atoms with van der Waals surface area (Å²) >= 11 is 3.35. The molecule has 4 heteroatoms. The third-order valence-electron chi connectivity index (χ3n) is 2.62. The fourth-order valence-electron chi connectivity index (χ4n) is 1.68. The van der Waals surface area contributed by atoms with Gasteiger partial charge < -0.3 is 10.3 Å². The molecular formula is C13H13BrN2O. The molecule has 0 spiro atoms. The zero-order valence-corrected chi connectivity index (χ0v) is 10.9. The lowest BCUT2D eigenvalue weighted by Gasteiger charge is -2.07. The molecule has 2 rings (SSSR count). The van der Waals surface area contributed by atoms with Gasteiger partial charge in [-0.05, 0) is 40.0 Å². The van der Waals surface area contributed by atoms with Crippen LogP contribution in [0.25, 0.3) is 0 Å². The Balaban J connectivity index is 2.15. The lowest BCUT2D eigenvalue weighted by Crippen LogP contribution is -2.19. The number of benzene rings is 1. The Labute approximate surface area is 108 Å². The van der Waals surface area contributed by atoms with Crippen LogP contribution >= 0.6 is 15.9 Å². The van der Waals surface area contributed by atoms with Crippen molar-refractivity contribution in [1.29, 1.82) is 0 Å². The molecule has 0 aliphatic carbocycles. The topological polar surface area (TPSA) is 48.0 Å². The highest BCUT2D eigenvalue weighted by molar-refractivity contribution is 9.10. The van der Waals surface area contributed by atoms with E-state index in [1.165, 1.54) is 0 Å². The van der Waals surface area contributed by atoms with Crippen molar-refractivity contribution < 1.29 is 0 Å². The van der Waals surface area contributed by atoms with E-state index in [2.05, 4.69) is 15.9 Å². The van der Waals surface area contributed by atoms with Crippen LogP contribution in [-0.4, -0.2) is 4.57 Å². The van der Waals surface area contributed by atoms with Gasteiger partial charge in [0.15, 0.2) is 0 Å². The molecule has 0 fully saturated rings. The van der Waals surface area contributed by atoms with Gasteiger partial charge >= 0.3 is 0 Å². The highest BCUT2D eigenvalue weighted by Gasteiger charge is 2.00. The van der Waals surface area contributed by atoms with Gasteiger partial charge in [-0.2, -0.15) is 0 Å². The van der Waals surface area contributed by atoms with Crippen LogP contribution in [0.3, 0.4) is 0 Å². The number of halogens is 1. The average molecular weight is 293 g/mol. The number of rotatable bonds is 3. The molecule has 0 saturated carbocycles. The second-order valence-corrected chi connectivity index (χ2v) is 4.74. The highest BCUT2D eigenvalue weighted by Crippen LogP contribution is 2.12. The third-order valence-corrected chi connectivity index (χ3v) is 3.09. The summed E-state index contributed by atoms with van der Waals surface area (Å²) in [4.78, 5) is 11.6. The Kier molecular flexibility index (Phi) is 3.64. The highest BCUT2D eigenvalue weighted by atomic mass is 79.9. The van der Waals surface area contributed by atoms with E-state index in [0.717, 1.165) is 22.1 Å². The quantitative estimate of drug-likeness (QED) is 0.884. The van der Waals surface area contributed by atoms with Crippen molar-refractivity contribution >= 4 is 21.6 Å². The number of hydrogen-bond donors (Lipinski definition) is 1. The number of aromatic nitrogens is 1. The van der Waals surface area contributed by atoms with E-state index in [9.17, 15) is 4.79 Å². The molecule has 0 radical (unpaired) electrons.